The summed E-state index contributed by atoms with van der Waals surface area (Å²) >= 11 is 0. The number of nitrogens with one attached hydrogen (secondary N) is 1. The molecule has 2 heterocycles. The zero-order valence-electron chi connectivity index (χ0n) is 8.71. The van der Waals surface area contributed by atoms with Crippen molar-refractivity contribution in [1.29, 1.82) is 0 Å². The molecule has 3 nitrogen and oxygen atoms in total. The van der Waals surface area contributed by atoms with Crippen LogP contribution in [0.4, 0.5) is 0 Å². The molecule has 0 aromatic carbocycles. The first-order chi connectivity index (χ1) is 6.59. The SMILES string of the molecule is Cn1cccc1CC1(C)CCC(=O)N1. The van der Waals surface area contributed by atoms with Crippen LogP contribution in [0, 0.1) is 0 Å². The van der Waals surface area contributed by atoms with Crippen molar-refractivity contribution < 1.29 is 4.79 Å². The van der Waals surface area contributed by atoms with E-state index in [0.717, 1.165) is 12.8 Å². The normalized spacial score (nSPS) is 26.6. The van der Waals surface area contributed by atoms with Crippen LogP contribution in [-0.4, -0.2) is 16.0 Å². The summed E-state index contributed by atoms with van der Waals surface area (Å²) in [6.45, 7) is 2.12. The summed E-state index contributed by atoms with van der Waals surface area (Å²) in [5.41, 5.74) is 1.23. The van der Waals surface area contributed by atoms with E-state index in [2.05, 4.69) is 22.9 Å². The van der Waals surface area contributed by atoms with Gasteiger partial charge in [0.15, 0.2) is 0 Å². The van der Waals surface area contributed by atoms with E-state index in [1.807, 2.05) is 19.3 Å². The minimum Gasteiger partial charge on any atom is -0.354 e. The fraction of sp³-hybridized carbons (Fsp3) is 0.545. The number of aromatic nitrogens is 1. The van der Waals surface area contributed by atoms with Crippen LogP contribution in [0.15, 0.2) is 18.3 Å². The maximum Gasteiger partial charge on any atom is 0.220 e. The fourth-order valence-electron chi connectivity index (χ4n) is 2.06. The molecule has 14 heavy (non-hydrogen) atoms. The van der Waals surface area contributed by atoms with Crippen LogP contribution >= 0.6 is 0 Å². The van der Waals surface area contributed by atoms with E-state index in [1.165, 1.54) is 5.69 Å². The third kappa shape index (κ3) is 1.67. The van der Waals surface area contributed by atoms with Crippen LogP contribution in [0.2, 0.25) is 0 Å². The summed E-state index contributed by atoms with van der Waals surface area (Å²) < 4.78 is 2.11. The fourth-order valence-corrected chi connectivity index (χ4v) is 2.06. The van der Waals surface area contributed by atoms with E-state index >= 15 is 0 Å². The van der Waals surface area contributed by atoms with E-state index in [0.29, 0.717) is 6.42 Å². The molecule has 1 fully saturated rings. The summed E-state index contributed by atoms with van der Waals surface area (Å²) in [4.78, 5) is 11.2. The molecule has 1 aliphatic heterocycles. The number of aryl methyl sites for hydroxylation is 1. The van der Waals surface area contributed by atoms with Gasteiger partial charge in [0, 0.05) is 37.3 Å². The highest BCUT2D eigenvalue weighted by Gasteiger charge is 2.33. The highest BCUT2D eigenvalue weighted by Crippen LogP contribution is 2.23. The Kier molecular flexibility index (Phi) is 2.10. The molecule has 0 saturated carbocycles. The molecule has 1 aliphatic rings. The Bertz CT molecular complexity index is 356. The number of amides is 1. The summed E-state index contributed by atoms with van der Waals surface area (Å²) in [6.07, 6.45) is 4.57. The Morgan fingerprint density at radius 2 is 2.43 bits per heavy atom. The van der Waals surface area contributed by atoms with Crippen LogP contribution < -0.4 is 5.32 Å². The van der Waals surface area contributed by atoms with Crippen LogP contribution in [-0.2, 0) is 18.3 Å². The van der Waals surface area contributed by atoms with Crippen LogP contribution in [0.1, 0.15) is 25.5 Å². The van der Waals surface area contributed by atoms with E-state index in [-0.39, 0.29) is 11.4 Å². The standard InChI is InChI=1S/C11H16N2O/c1-11(6-5-10(14)12-11)8-9-4-3-7-13(9)2/h3-4,7H,5-6,8H2,1-2H3,(H,12,14). The Labute approximate surface area is 84.1 Å². The Morgan fingerprint density at radius 1 is 1.64 bits per heavy atom. The van der Waals surface area contributed by atoms with Crippen molar-refractivity contribution in [2.75, 3.05) is 0 Å². The summed E-state index contributed by atoms with van der Waals surface area (Å²) in [5.74, 6) is 0.182. The minimum atomic E-state index is -0.0385. The van der Waals surface area contributed by atoms with Gasteiger partial charge in [-0.3, -0.25) is 4.79 Å². The molecule has 1 aromatic heterocycles. The van der Waals surface area contributed by atoms with Crippen LogP contribution in [0.25, 0.3) is 0 Å². The van der Waals surface area contributed by atoms with Crippen molar-refractivity contribution in [2.45, 2.75) is 31.7 Å². The van der Waals surface area contributed by atoms with E-state index in [4.69, 9.17) is 0 Å². The molecule has 0 radical (unpaired) electrons. The predicted molar refractivity (Wildman–Crippen MR) is 54.9 cm³/mol. The molecule has 76 valence electrons. The number of hydrogen-bond donors (Lipinski definition) is 1. The first-order valence-electron chi connectivity index (χ1n) is 5.00. The van der Waals surface area contributed by atoms with E-state index in [9.17, 15) is 4.79 Å². The van der Waals surface area contributed by atoms with Gasteiger partial charge in [-0.05, 0) is 25.5 Å². The smallest absolute Gasteiger partial charge is 0.220 e. The highest BCUT2D eigenvalue weighted by atomic mass is 16.2. The molecule has 1 amide bonds. The minimum absolute atomic E-state index is 0.0385. The summed E-state index contributed by atoms with van der Waals surface area (Å²) in [6, 6.07) is 4.14. The number of hydrogen-bond acceptors (Lipinski definition) is 1. The van der Waals surface area contributed by atoms with Crippen molar-refractivity contribution in [3.63, 3.8) is 0 Å². The van der Waals surface area contributed by atoms with E-state index < -0.39 is 0 Å². The molecule has 0 spiro atoms. The first-order valence-corrected chi connectivity index (χ1v) is 5.00. The lowest BCUT2D eigenvalue weighted by Crippen LogP contribution is -2.40. The third-order valence-corrected chi connectivity index (χ3v) is 2.97. The van der Waals surface area contributed by atoms with Crippen molar-refractivity contribution in [2.24, 2.45) is 7.05 Å². The van der Waals surface area contributed by atoms with Crippen LogP contribution in [0.5, 0.6) is 0 Å². The van der Waals surface area contributed by atoms with Gasteiger partial charge in [-0.25, -0.2) is 0 Å². The molecule has 0 bridgehead atoms. The average Bonchev–Trinajstić information content (AvgIpc) is 2.62. The lowest BCUT2D eigenvalue weighted by atomic mass is 9.94. The molecular formula is C11H16N2O. The Hall–Kier alpha value is -1.25. The van der Waals surface area contributed by atoms with Gasteiger partial charge in [0.1, 0.15) is 0 Å². The van der Waals surface area contributed by atoms with Crippen molar-refractivity contribution >= 4 is 5.91 Å². The second kappa shape index (κ2) is 3.15. The maximum absolute atomic E-state index is 11.2. The maximum atomic E-state index is 11.2. The Morgan fingerprint density at radius 3 is 2.93 bits per heavy atom. The van der Waals surface area contributed by atoms with Gasteiger partial charge < -0.3 is 9.88 Å². The highest BCUT2D eigenvalue weighted by molar-refractivity contribution is 5.79. The topological polar surface area (TPSA) is 34.0 Å². The molecule has 1 aromatic rings. The number of nitrogens with zero attached hydrogens (tertiary/aromatic N) is 1. The summed E-state index contributed by atoms with van der Waals surface area (Å²) in [7, 11) is 2.04. The van der Waals surface area contributed by atoms with Crippen molar-refractivity contribution in [1.82, 2.24) is 9.88 Å². The van der Waals surface area contributed by atoms with Gasteiger partial charge >= 0.3 is 0 Å². The van der Waals surface area contributed by atoms with Gasteiger partial charge in [0.05, 0.1) is 0 Å². The van der Waals surface area contributed by atoms with Gasteiger partial charge in [-0.15, -0.1) is 0 Å². The monoisotopic (exact) mass is 192 g/mol. The quantitative estimate of drug-likeness (QED) is 0.751. The zero-order valence-corrected chi connectivity index (χ0v) is 8.71. The lowest BCUT2D eigenvalue weighted by molar-refractivity contribution is -0.119. The summed E-state index contributed by atoms with van der Waals surface area (Å²) in [5, 5.41) is 3.04. The van der Waals surface area contributed by atoms with Gasteiger partial charge in [-0.2, -0.15) is 0 Å². The molecule has 3 heteroatoms. The van der Waals surface area contributed by atoms with Crippen molar-refractivity contribution in [3.05, 3.63) is 24.0 Å². The second-order valence-corrected chi connectivity index (χ2v) is 4.40. The molecule has 1 N–H and O–H groups in total. The number of carbonyl (C=O) groups excluding carboxylic acids is 1. The zero-order chi connectivity index (χ0) is 10.2. The van der Waals surface area contributed by atoms with Gasteiger partial charge in [-0.1, -0.05) is 0 Å². The lowest BCUT2D eigenvalue weighted by Gasteiger charge is -2.24. The second-order valence-electron chi connectivity index (χ2n) is 4.40. The van der Waals surface area contributed by atoms with Gasteiger partial charge in [0.25, 0.3) is 0 Å². The Balaban J connectivity index is 2.11. The number of carbonyl (C=O) groups is 1. The third-order valence-electron chi connectivity index (χ3n) is 2.97. The molecule has 1 atom stereocenters. The average molecular weight is 192 g/mol. The molecule has 2 rings (SSSR count). The largest absolute Gasteiger partial charge is 0.354 e. The predicted octanol–water partition coefficient (Wildman–Crippen LogP) is 1.24. The first kappa shape index (κ1) is 9.31. The molecule has 1 unspecified atom stereocenters. The van der Waals surface area contributed by atoms with Crippen molar-refractivity contribution in [3.8, 4) is 0 Å². The van der Waals surface area contributed by atoms with Gasteiger partial charge in [0.2, 0.25) is 5.91 Å². The number of rotatable bonds is 2. The molecule has 1 saturated heterocycles. The molecular weight excluding hydrogens is 176 g/mol. The van der Waals surface area contributed by atoms with Crippen LogP contribution in [0.3, 0.4) is 0 Å². The van der Waals surface area contributed by atoms with E-state index in [1.54, 1.807) is 0 Å². The molecule has 0 aliphatic carbocycles.